The molecule has 0 N–H and O–H groups in total. The van der Waals surface area contributed by atoms with Crippen LogP contribution in [0.25, 0.3) is 0 Å². The molecular formula is C20H28N2O3. The normalized spacial score (nSPS) is 21.2. The molecule has 0 aromatic heterocycles. The SMILES string of the molecule is CO[C@](C)(C(=O)N1CCN(C(=O)C2CCCC2)CC1)c1ccccc1. The van der Waals surface area contributed by atoms with Gasteiger partial charge in [-0.1, -0.05) is 43.2 Å². The van der Waals surface area contributed by atoms with Gasteiger partial charge in [0, 0.05) is 39.2 Å². The lowest BCUT2D eigenvalue weighted by Gasteiger charge is -2.40. The Morgan fingerprint density at radius 3 is 2.12 bits per heavy atom. The van der Waals surface area contributed by atoms with E-state index in [2.05, 4.69) is 0 Å². The molecular weight excluding hydrogens is 316 g/mol. The standard InChI is InChI=1S/C20H28N2O3/c1-20(25-2,17-10-4-3-5-11-17)19(24)22-14-12-21(13-15-22)18(23)16-8-6-7-9-16/h3-5,10-11,16H,6-9,12-15H2,1-2H3/t20-/m0/s1. The fourth-order valence-corrected chi connectivity index (χ4v) is 3.95. The van der Waals surface area contributed by atoms with Gasteiger partial charge in [0.25, 0.3) is 5.91 Å². The Morgan fingerprint density at radius 2 is 1.56 bits per heavy atom. The van der Waals surface area contributed by atoms with Crippen LogP contribution in [0.2, 0.25) is 0 Å². The Morgan fingerprint density at radius 1 is 1.00 bits per heavy atom. The van der Waals surface area contributed by atoms with Gasteiger partial charge < -0.3 is 14.5 Å². The fraction of sp³-hybridized carbons (Fsp3) is 0.600. The molecule has 2 aliphatic rings. The lowest BCUT2D eigenvalue weighted by Crippen LogP contribution is -2.56. The third-order valence-electron chi connectivity index (χ3n) is 5.72. The first-order valence-corrected chi connectivity index (χ1v) is 9.25. The topological polar surface area (TPSA) is 49.9 Å². The molecule has 1 aliphatic carbocycles. The first-order chi connectivity index (χ1) is 12.1. The number of ether oxygens (including phenoxy) is 1. The van der Waals surface area contributed by atoms with E-state index in [1.54, 1.807) is 7.11 Å². The van der Waals surface area contributed by atoms with Crippen LogP contribution in [-0.2, 0) is 19.9 Å². The number of carbonyl (C=O) groups is 2. The van der Waals surface area contributed by atoms with E-state index in [1.807, 2.05) is 47.1 Å². The minimum Gasteiger partial charge on any atom is -0.364 e. The van der Waals surface area contributed by atoms with Crippen LogP contribution in [0.5, 0.6) is 0 Å². The molecule has 2 amide bonds. The molecule has 1 atom stereocenters. The summed E-state index contributed by atoms with van der Waals surface area (Å²) in [6, 6.07) is 9.59. The van der Waals surface area contributed by atoms with E-state index in [0.717, 1.165) is 31.2 Å². The summed E-state index contributed by atoms with van der Waals surface area (Å²) in [5, 5.41) is 0. The van der Waals surface area contributed by atoms with Crippen LogP contribution in [0.4, 0.5) is 0 Å². The van der Waals surface area contributed by atoms with Gasteiger partial charge in [-0.3, -0.25) is 9.59 Å². The third-order valence-corrected chi connectivity index (χ3v) is 5.72. The third kappa shape index (κ3) is 3.56. The zero-order valence-corrected chi connectivity index (χ0v) is 15.2. The van der Waals surface area contributed by atoms with Crippen molar-refractivity contribution in [3.63, 3.8) is 0 Å². The van der Waals surface area contributed by atoms with Crippen molar-refractivity contribution in [3.05, 3.63) is 35.9 Å². The monoisotopic (exact) mass is 344 g/mol. The first kappa shape index (κ1) is 17.9. The van der Waals surface area contributed by atoms with Crippen molar-refractivity contribution in [2.75, 3.05) is 33.3 Å². The molecule has 0 radical (unpaired) electrons. The zero-order valence-electron chi connectivity index (χ0n) is 15.2. The average molecular weight is 344 g/mol. The van der Waals surface area contributed by atoms with E-state index < -0.39 is 5.60 Å². The van der Waals surface area contributed by atoms with E-state index >= 15 is 0 Å². The van der Waals surface area contributed by atoms with Crippen molar-refractivity contribution in [1.82, 2.24) is 9.80 Å². The highest BCUT2D eigenvalue weighted by molar-refractivity contribution is 5.87. The van der Waals surface area contributed by atoms with E-state index in [4.69, 9.17) is 4.74 Å². The van der Waals surface area contributed by atoms with Crippen molar-refractivity contribution in [3.8, 4) is 0 Å². The van der Waals surface area contributed by atoms with E-state index in [9.17, 15) is 9.59 Å². The summed E-state index contributed by atoms with van der Waals surface area (Å²) < 4.78 is 5.62. The molecule has 1 aromatic carbocycles. The van der Waals surface area contributed by atoms with Crippen LogP contribution in [0.15, 0.2) is 30.3 Å². The number of carbonyl (C=O) groups excluding carboxylic acids is 2. The van der Waals surface area contributed by atoms with E-state index in [1.165, 1.54) is 0 Å². The summed E-state index contributed by atoms with van der Waals surface area (Å²) in [5.74, 6) is 0.451. The summed E-state index contributed by atoms with van der Waals surface area (Å²) in [5.41, 5.74) is -0.134. The maximum absolute atomic E-state index is 13.1. The number of hydrogen-bond donors (Lipinski definition) is 0. The molecule has 5 heteroatoms. The quantitative estimate of drug-likeness (QED) is 0.843. The number of benzene rings is 1. The van der Waals surface area contributed by atoms with Gasteiger partial charge in [0.2, 0.25) is 5.91 Å². The van der Waals surface area contributed by atoms with Crippen molar-refractivity contribution >= 4 is 11.8 Å². The summed E-state index contributed by atoms with van der Waals surface area (Å²) in [6.07, 6.45) is 4.37. The minimum atomic E-state index is -0.987. The van der Waals surface area contributed by atoms with Gasteiger partial charge in [-0.2, -0.15) is 0 Å². The average Bonchev–Trinajstić information content (AvgIpc) is 3.22. The van der Waals surface area contributed by atoms with E-state index in [-0.39, 0.29) is 17.7 Å². The van der Waals surface area contributed by atoms with Gasteiger partial charge in [-0.25, -0.2) is 0 Å². The largest absolute Gasteiger partial charge is 0.364 e. The number of nitrogens with zero attached hydrogens (tertiary/aromatic N) is 2. The molecule has 1 aliphatic heterocycles. The van der Waals surface area contributed by atoms with Crippen molar-refractivity contribution in [2.24, 2.45) is 5.92 Å². The summed E-state index contributed by atoms with van der Waals surface area (Å²) in [7, 11) is 1.57. The number of hydrogen-bond acceptors (Lipinski definition) is 3. The molecule has 1 aromatic rings. The lowest BCUT2D eigenvalue weighted by atomic mass is 9.93. The van der Waals surface area contributed by atoms with Gasteiger partial charge in [0.1, 0.15) is 0 Å². The molecule has 1 saturated carbocycles. The highest BCUT2D eigenvalue weighted by atomic mass is 16.5. The van der Waals surface area contributed by atoms with Gasteiger partial charge in [-0.05, 0) is 25.3 Å². The smallest absolute Gasteiger partial charge is 0.259 e. The highest BCUT2D eigenvalue weighted by Crippen LogP contribution is 2.29. The number of amides is 2. The number of rotatable bonds is 4. The van der Waals surface area contributed by atoms with Crippen molar-refractivity contribution < 1.29 is 14.3 Å². The zero-order chi connectivity index (χ0) is 17.9. The van der Waals surface area contributed by atoms with Crippen LogP contribution in [0.3, 0.4) is 0 Å². The van der Waals surface area contributed by atoms with Gasteiger partial charge in [0.05, 0.1) is 0 Å². The van der Waals surface area contributed by atoms with Gasteiger partial charge in [0.15, 0.2) is 5.60 Å². The second-order valence-electron chi connectivity index (χ2n) is 7.20. The molecule has 3 rings (SSSR count). The Kier molecular flexibility index (Phi) is 5.42. The van der Waals surface area contributed by atoms with Crippen LogP contribution >= 0.6 is 0 Å². The predicted octanol–water partition coefficient (Wildman–Crippen LogP) is 2.41. The summed E-state index contributed by atoms with van der Waals surface area (Å²) in [4.78, 5) is 29.4. The van der Waals surface area contributed by atoms with Crippen LogP contribution in [-0.4, -0.2) is 54.9 Å². The van der Waals surface area contributed by atoms with Gasteiger partial charge >= 0.3 is 0 Å². The fourth-order valence-electron chi connectivity index (χ4n) is 3.95. The molecule has 25 heavy (non-hydrogen) atoms. The Hall–Kier alpha value is -1.88. The van der Waals surface area contributed by atoms with Crippen LogP contribution in [0, 0.1) is 5.92 Å². The maximum Gasteiger partial charge on any atom is 0.259 e. The molecule has 136 valence electrons. The molecule has 2 fully saturated rings. The Labute approximate surface area is 149 Å². The second kappa shape index (κ2) is 7.56. The second-order valence-corrected chi connectivity index (χ2v) is 7.20. The molecule has 1 heterocycles. The molecule has 0 bridgehead atoms. The summed E-state index contributed by atoms with van der Waals surface area (Å²) >= 11 is 0. The predicted molar refractivity (Wildman–Crippen MR) is 95.9 cm³/mol. The Bertz CT molecular complexity index is 605. The van der Waals surface area contributed by atoms with Crippen LogP contribution < -0.4 is 0 Å². The Balaban J connectivity index is 1.63. The van der Waals surface area contributed by atoms with Crippen LogP contribution in [0.1, 0.15) is 38.2 Å². The molecule has 1 saturated heterocycles. The highest BCUT2D eigenvalue weighted by Gasteiger charge is 2.40. The maximum atomic E-state index is 13.1. The molecule has 0 spiro atoms. The summed E-state index contributed by atoms with van der Waals surface area (Å²) in [6.45, 7) is 4.21. The van der Waals surface area contributed by atoms with Gasteiger partial charge in [-0.15, -0.1) is 0 Å². The first-order valence-electron chi connectivity index (χ1n) is 9.25. The molecule has 5 nitrogen and oxygen atoms in total. The lowest BCUT2D eigenvalue weighted by molar-refractivity contribution is -0.158. The molecule has 0 unspecified atom stereocenters. The van der Waals surface area contributed by atoms with E-state index in [0.29, 0.717) is 26.2 Å². The number of piperazine rings is 1. The minimum absolute atomic E-state index is 0.0332. The van der Waals surface area contributed by atoms with Crippen molar-refractivity contribution in [2.45, 2.75) is 38.2 Å². The number of methoxy groups -OCH3 is 1. The van der Waals surface area contributed by atoms with Crippen molar-refractivity contribution in [1.29, 1.82) is 0 Å².